The second kappa shape index (κ2) is 4.24. The van der Waals surface area contributed by atoms with E-state index < -0.39 is 5.97 Å². The molecule has 19 heavy (non-hydrogen) atoms. The lowest BCUT2D eigenvalue weighted by Gasteiger charge is -2.05. The summed E-state index contributed by atoms with van der Waals surface area (Å²) in [5.74, 6) is 0.0132. The van der Waals surface area contributed by atoms with Crippen molar-refractivity contribution in [1.29, 1.82) is 0 Å². The van der Waals surface area contributed by atoms with Crippen molar-refractivity contribution in [1.82, 2.24) is 18.9 Å². The van der Waals surface area contributed by atoms with E-state index in [0.717, 1.165) is 17.2 Å². The van der Waals surface area contributed by atoms with Crippen LogP contribution in [-0.2, 0) is 11.2 Å². The topological polar surface area (TPSA) is 72.4 Å². The monoisotopic (exact) mass is 256 g/mol. The lowest BCUT2D eigenvalue weighted by Crippen LogP contribution is -1.99. The van der Waals surface area contributed by atoms with Gasteiger partial charge in [-0.05, 0) is 19.1 Å². The number of carbonyl (C=O) groups is 1. The predicted molar refractivity (Wildman–Crippen MR) is 68.4 cm³/mol. The molecule has 0 aliphatic heterocycles. The Labute approximate surface area is 109 Å². The molecule has 0 aliphatic carbocycles. The average molecular weight is 256 g/mol. The number of carboxylic acids is 1. The van der Waals surface area contributed by atoms with E-state index >= 15 is 0 Å². The highest BCUT2D eigenvalue weighted by Gasteiger charge is 2.07. The van der Waals surface area contributed by atoms with Gasteiger partial charge in [0.05, 0.1) is 17.8 Å². The predicted octanol–water partition coefficient (Wildman–Crippen LogP) is 1.46. The molecule has 0 aliphatic rings. The summed E-state index contributed by atoms with van der Waals surface area (Å²) < 4.78 is 3.78. The number of carboxylic acid groups (broad SMARTS) is 1. The van der Waals surface area contributed by atoms with Gasteiger partial charge in [0.1, 0.15) is 11.5 Å². The van der Waals surface area contributed by atoms with Gasteiger partial charge in [-0.15, -0.1) is 0 Å². The molecular formula is C13H12N4O2. The molecule has 0 radical (unpaired) electrons. The minimum absolute atomic E-state index is 0.0683. The quantitative estimate of drug-likeness (QED) is 0.770. The normalized spacial score (nSPS) is 11.0. The third kappa shape index (κ3) is 2.08. The first-order chi connectivity index (χ1) is 9.13. The number of pyridine rings is 1. The zero-order valence-electron chi connectivity index (χ0n) is 10.3. The third-order valence-corrected chi connectivity index (χ3v) is 2.92. The lowest BCUT2D eigenvalue weighted by molar-refractivity contribution is -0.136. The van der Waals surface area contributed by atoms with Crippen LogP contribution in [0, 0.1) is 6.92 Å². The summed E-state index contributed by atoms with van der Waals surface area (Å²) in [4.78, 5) is 19.1. The molecule has 3 aromatic rings. The highest BCUT2D eigenvalue weighted by molar-refractivity contribution is 5.69. The molecule has 0 aromatic carbocycles. The SMILES string of the molecule is Cc1nccn1-c1ccc2nc(CC(=O)O)cn2c1. The molecule has 3 heterocycles. The van der Waals surface area contributed by atoms with Gasteiger partial charge < -0.3 is 14.1 Å². The zero-order chi connectivity index (χ0) is 13.4. The van der Waals surface area contributed by atoms with Gasteiger partial charge in [-0.3, -0.25) is 4.79 Å². The van der Waals surface area contributed by atoms with E-state index in [2.05, 4.69) is 9.97 Å². The summed E-state index contributed by atoms with van der Waals surface area (Å²) in [6, 6.07) is 3.79. The molecule has 0 bridgehead atoms. The van der Waals surface area contributed by atoms with Gasteiger partial charge in [0, 0.05) is 24.8 Å². The van der Waals surface area contributed by atoms with Gasteiger partial charge in [0.25, 0.3) is 0 Å². The van der Waals surface area contributed by atoms with Crippen LogP contribution in [0.4, 0.5) is 0 Å². The van der Waals surface area contributed by atoms with Gasteiger partial charge in [0.2, 0.25) is 0 Å². The van der Waals surface area contributed by atoms with Crippen LogP contribution in [0.3, 0.4) is 0 Å². The van der Waals surface area contributed by atoms with Gasteiger partial charge in [-0.25, -0.2) is 9.97 Å². The minimum Gasteiger partial charge on any atom is -0.481 e. The summed E-state index contributed by atoms with van der Waals surface area (Å²) in [6.07, 6.45) is 7.19. The summed E-state index contributed by atoms with van der Waals surface area (Å²) in [5.41, 5.74) is 2.24. The second-order valence-corrected chi connectivity index (χ2v) is 4.30. The van der Waals surface area contributed by atoms with Crippen LogP contribution >= 0.6 is 0 Å². The summed E-state index contributed by atoms with van der Waals surface area (Å²) in [5, 5.41) is 8.77. The highest BCUT2D eigenvalue weighted by Crippen LogP contribution is 2.13. The summed E-state index contributed by atoms with van der Waals surface area (Å²) in [7, 11) is 0. The van der Waals surface area contributed by atoms with Crippen LogP contribution in [0.2, 0.25) is 0 Å². The molecule has 0 saturated carbocycles. The molecule has 0 amide bonds. The van der Waals surface area contributed by atoms with Crippen molar-refractivity contribution in [3.8, 4) is 5.69 Å². The number of imidazole rings is 2. The number of aliphatic carboxylic acids is 1. The largest absolute Gasteiger partial charge is 0.481 e. The van der Waals surface area contributed by atoms with Gasteiger partial charge in [-0.2, -0.15) is 0 Å². The molecule has 0 saturated heterocycles. The Hall–Kier alpha value is -2.63. The second-order valence-electron chi connectivity index (χ2n) is 4.30. The van der Waals surface area contributed by atoms with E-state index in [9.17, 15) is 4.79 Å². The zero-order valence-corrected chi connectivity index (χ0v) is 10.3. The average Bonchev–Trinajstić information content (AvgIpc) is 2.92. The first-order valence-electron chi connectivity index (χ1n) is 5.83. The summed E-state index contributed by atoms with van der Waals surface area (Å²) in [6.45, 7) is 1.92. The first-order valence-corrected chi connectivity index (χ1v) is 5.83. The summed E-state index contributed by atoms with van der Waals surface area (Å²) >= 11 is 0. The standard InChI is InChI=1S/C13H12N4O2/c1-9-14-4-5-17(9)11-2-3-12-15-10(6-13(18)19)7-16(12)8-11/h2-5,7-8H,6H2,1H3,(H,18,19). The molecule has 3 aromatic heterocycles. The molecule has 6 nitrogen and oxygen atoms in total. The smallest absolute Gasteiger partial charge is 0.309 e. The van der Waals surface area contributed by atoms with E-state index in [1.807, 2.05) is 40.4 Å². The van der Waals surface area contributed by atoms with Crippen molar-refractivity contribution in [3.63, 3.8) is 0 Å². The lowest BCUT2D eigenvalue weighted by atomic mass is 10.3. The molecule has 0 unspecified atom stereocenters. The fourth-order valence-electron chi connectivity index (χ4n) is 2.07. The Kier molecular flexibility index (Phi) is 2.56. The minimum atomic E-state index is -0.880. The third-order valence-electron chi connectivity index (χ3n) is 2.92. The fraction of sp³-hybridized carbons (Fsp3) is 0.154. The Balaban J connectivity index is 2.06. The van der Waals surface area contributed by atoms with E-state index in [4.69, 9.17) is 5.11 Å². The van der Waals surface area contributed by atoms with Crippen molar-refractivity contribution in [2.45, 2.75) is 13.3 Å². The number of fused-ring (bicyclic) bond motifs is 1. The number of aryl methyl sites for hydroxylation is 1. The van der Waals surface area contributed by atoms with Crippen molar-refractivity contribution in [2.75, 3.05) is 0 Å². The van der Waals surface area contributed by atoms with Crippen molar-refractivity contribution < 1.29 is 9.90 Å². The maximum absolute atomic E-state index is 10.7. The van der Waals surface area contributed by atoms with Gasteiger partial charge in [-0.1, -0.05) is 0 Å². The Morgan fingerprint density at radius 3 is 2.89 bits per heavy atom. The number of hydrogen-bond donors (Lipinski definition) is 1. The van der Waals surface area contributed by atoms with Gasteiger partial charge >= 0.3 is 5.97 Å². The van der Waals surface area contributed by atoms with Crippen LogP contribution < -0.4 is 0 Å². The van der Waals surface area contributed by atoms with E-state index in [0.29, 0.717) is 5.69 Å². The molecule has 0 fully saturated rings. The number of aromatic nitrogens is 4. The molecule has 0 atom stereocenters. The van der Waals surface area contributed by atoms with Crippen molar-refractivity contribution in [2.24, 2.45) is 0 Å². The van der Waals surface area contributed by atoms with Crippen LogP contribution in [0.5, 0.6) is 0 Å². The van der Waals surface area contributed by atoms with Crippen LogP contribution in [-0.4, -0.2) is 30.0 Å². The van der Waals surface area contributed by atoms with Crippen LogP contribution in [0.15, 0.2) is 36.9 Å². The number of rotatable bonds is 3. The maximum Gasteiger partial charge on any atom is 0.309 e. The molecule has 6 heteroatoms. The molecule has 3 rings (SSSR count). The Morgan fingerprint density at radius 1 is 1.37 bits per heavy atom. The molecular weight excluding hydrogens is 244 g/mol. The fourth-order valence-corrected chi connectivity index (χ4v) is 2.07. The van der Waals surface area contributed by atoms with Crippen LogP contribution in [0.1, 0.15) is 11.5 Å². The molecule has 96 valence electrons. The van der Waals surface area contributed by atoms with E-state index in [-0.39, 0.29) is 6.42 Å². The molecule has 0 spiro atoms. The van der Waals surface area contributed by atoms with E-state index in [1.54, 1.807) is 12.4 Å². The highest BCUT2D eigenvalue weighted by atomic mass is 16.4. The van der Waals surface area contributed by atoms with E-state index in [1.165, 1.54) is 0 Å². The first kappa shape index (κ1) is 11.5. The van der Waals surface area contributed by atoms with Crippen LogP contribution in [0.25, 0.3) is 11.3 Å². The Morgan fingerprint density at radius 2 is 2.21 bits per heavy atom. The van der Waals surface area contributed by atoms with Gasteiger partial charge in [0.15, 0.2) is 0 Å². The van der Waals surface area contributed by atoms with Crippen molar-refractivity contribution >= 4 is 11.6 Å². The van der Waals surface area contributed by atoms with Crippen molar-refractivity contribution in [3.05, 3.63) is 48.4 Å². The number of nitrogens with zero attached hydrogens (tertiary/aromatic N) is 4. The maximum atomic E-state index is 10.7. The molecule has 1 N–H and O–H groups in total. The number of hydrogen-bond acceptors (Lipinski definition) is 3. The Bertz CT molecular complexity index is 757.